The maximum Gasteiger partial charge on any atom is 0.253 e. The van der Waals surface area contributed by atoms with Gasteiger partial charge in [0.1, 0.15) is 12.4 Å². The number of benzene rings is 1. The van der Waals surface area contributed by atoms with Crippen LogP contribution < -0.4 is 0 Å². The van der Waals surface area contributed by atoms with Crippen molar-refractivity contribution in [2.45, 2.75) is 32.5 Å². The molecular weight excluding hydrogens is 301 g/mol. The summed E-state index contributed by atoms with van der Waals surface area (Å²) in [5, 5.41) is 3.71. The first-order chi connectivity index (χ1) is 11.1. The van der Waals surface area contributed by atoms with Crippen molar-refractivity contribution in [3.8, 4) is 0 Å². The predicted octanol–water partition coefficient (Wildman–Crippen LogP) is 2.34. The van der Waals surface area contributed by atoms with E-state index in [1.165, 1.54) is 12.1 Å². The lowest BCUT2D eigenvalue weighted by molar-refractivity contribution is -0.00978. The number of carbonyl (C=O) groups is 1. The Bertz CT molecular complexity index is 681. The first-order valence-corrected chi connectivity index (χ1v) is 7.57. The van der Waals surface area contributed by atoms with Crippen LogP contribution in [0.4, 0.5) is 4.39 Å². The smallest absolute Gasteiger partial charge is 0.253 e. The molecule has 122 valence electrons. The van der Waals surface area contributed by atoms with Gasteiger partial charge in [-0.3, -0.25) is 4.79 Å². The zero-order chi connectivity index (χ0) is 16.2. The second-order valence-electron chi connectivity index (χ2n) is 5.55. The van der Waals surface area contributed by atoms with Gasteiger partial charge in [0, 0.05) is 18.7 Å². The van der Waals surface area contributed by atoms with E-state index in [0.717, 1.165) is 12.8 Å². The number of piperidine rings is 1. The van der Waals surface area contributed by atoms with Gasteiger partial charge in [-0.25, -0.2) is 4.39 Å². The average Bonchev–Trinajstić information content (AvgIpc) is 2.98. The quantitative estimate of drug-likeness (QED) is 0.865. The molecule has 0 saturated carbocycles. The number of likely N-dealkylation sites (tertiary alicyclic amines) is 1. The van der Waals surface area contributed by atoms with E-state index < -0.39 is 5.82 Å². The molecule has 1 amide bonds. The average molecular weight is 319 g/mol. The normalized spacial score (nSPS) is 15.8. The summed E-state index contributed by atoms with van der Waals surface area (Å²) in [4.78, 5) is 18.1. The summed E-state index contributed by atoms with van der Waals surface area (Å²) >= 11 is 0. The Hall–Kier alpha value is -2.28. The lowest BCUT2D eigenvalue weighted by atomic mass is 10.1. The van der Waals surface area contributed by atoms with E-state index in [-0.39, 0.29) is 18.6 Å². The molecular formula is C16H18FN3O3. The molecule has 2 aromatic rings. The highest BCUT2D eigenvalue weighted by molar-refractivity contribution is 5.94. The molecule has 6 nitrogen and oxygen atoms in total. The van der Waals surface area contributed by atoms with Crippen molar-refractivity contribution in [3.05, 3.63) is 47.4 Å². The Morgan fingerprint density at radius 3 is 2.87 bits per heavy atom. The summed E-state index contributed by atoms with van der Waals surface area (Å²) in [6.45, 7) is 3.21. The van der Waals surface area contributed by atoms with Gasteiger partial charge in [-0.2, -0.15) is 4.98 Å². The van der Waals surface area contributed by atoms with Crippen LogP contribution in [0, 0.1) is 12.7 Å². The van der Waals surface area contributed by atoms with Gasteiger partial charge < -0.3 is 14.2 Å². The third-order valence-electron chi connectivity index (χ3n) is 3.81. The molecule has 23 heavy (non-hydrogen) atoms. The Morgan fingerprint density at radius 1 is 1.43 bits per heavy atom. The van der Waals surface area contributed by atoms with Crippen LogP contribution >= 0.6 is 0 Å². The first kappa shape index (κ1) is 15.6. The molecule has 0 atom stereocenters. The van der Waals surface area contributed by atoms with E-state index in [1.807, 2.05) is 0 Å². The fourth-order valence-electron chi connectivity index (χ4n) is 2.62. The Labute approximate surface area is 133 Å². The van der Waals surface area contributed by atoms with Gasteiger partial charge in [-0.15, -0.1) is 0 Å². The monoisotopic (exact) mass is 319 g/mol. The highest BCUT2D eigenvalue weighted by Crippen LogP contribution is 2.18. The van der Waals surface area contributed by atoms with E-state index >= 15 is 0 Å². The topological polar surface area (TPSA) is 68.5 Å². The van der Waals surface area contributed by atoms with E-state index in [9.17, 15) is 9.18 Å². The summed E-state index contributed by atoms with van der Waals surface area (Å²) in [5.74, 6) is 0.499. The van der Waals surface area contributed by atoms with Crippen molar-refractivity contribution in [2.75, 3.05) is 13.1 Å². The van der Waals surface area contributed by atoms with Crippen LogP contribution in [0.1, 0.15) is 34.9 Å². The maximum absolute atomic E-state index is 13.2. The van der Waals surface area contributed by atoms with Crippen molar-refractivity contribution >= 4 is 5.91 Å². The molecule has 1 saturated heterocycles. The number of carbonyl (C=O) groups excluding carboxylic acids is 1. The third-order valence-corrected chi connectivity index (χ3v) is 3.81. The van der Waals surface area contributed by atoms with Gasteiger partial charge >= 0.3 is 0 Å². The molecule has 1 aliphatic heterocycles. The van der Waals surface area contributed by atoms with Crippen LogP contribution in [0.15, 0.2) is 28.8 Å². The molecule has 0 radical (unpaired) electrons. The van der Waals surface area contributed by atoms with Gasteiger partial charge in [0.2, 0.25) is 0 Å². The predicted molar refractivity (Wildman–Crippen MR) is 79.1 cm³/mol. The summed E-state index contributed by atoms with van der Waals surface area (Å²) < 4.78 is 23.9. The van der Waals surface area contributed by atoms with Crippen LogP contribution in [0.3, 0.4) is 0 Å². The molecule has 2 heterocycles. The Balaban J connectivity index is 1.49. The minimum atomic E-state index is -0.399. The molecule has 1 aliphatic rings. The lowest BCUT2D eigenvalue weighted by Crippen LogP contribution is -2.40. The molecule has 1 aromatic carbocycles. The van der Waals surface area contributed by atoms with Gasteiger partial charge in [0.05, 0.1) is 6.10 Å². The number of nitrogens with zero attached hydrogens (tertiary/aromatic N) is 3. The highest BCUT2D eigenvalue weighted by Gasteiger charge is 2.24. The number of amides is 1. The molecule has 0 unspecified atom stereocenters. The van der Waals surface area contributed by atoms with Crippen LogP contribution in [-0.2, 0) is 11.3 Å². The fourth-order valence-corrected chi connectivity index (χ4v) is 2.62. The zero-order valence-electron chi connectivity index (χ0n) is 12.9. The molecule has 0 bridgehead atoms. The number of aromatic nitrogens is 2. The molecule has 1 fully saturated rings. The van der Waals surface area contributed by atoms with Crippen molar-refractivity contribution in [1.29, 1.82) is 0 Å². The van der Waals surface area contributed by atoms with Gasteiger partial charge in [0.15, 0.2) is 5.82 Å². The lowest BCUT2D eigenvalue weighted by Gasteiger charge is -2.31. The zero-order valence-corrected chi connectivity index (χ0v) is 12.9. The number of halogens is 1. The second-order valence-corrected chi connectivity index (χ2v) is 5.55. The van der Waals surface area contributed by atoms with Crippen molar-refractivity contribution in [1.82, 2.24) is 15.0 Å². The van der Waals surface area contributed by atoms with Gasteiger partial charge in [0.25, 0.3) is 11.8 Å². The van der Waals surface area contributed by atoms with Crippen LogP contribution in [0.5, 0.6) is 0 Å². The number of ether oxygens (including phenoxy) is 1. The fraction of sp³-hybridized carbons (Fsp3) is 0.438. The summed E-state index contributed by atoms with van der Waals surface area (Å²) in [5.41, 5.74) is 0.380. The molecule has 3 rings (SSSR count). The van der Waals surface area contributed by atoms with E-state index in [4.69, 9.17) is 9.26 Å². The minimum absolute atomic E-state index is 0.0544. The van der Waals surface area contributed by atoms with Crippen molar-refractivity contribution < 1.29 is 18.4 Å². The molecule has 0 spiro atoms. The van der Waals surface area contributed by atoms with Crippen LogP contribution in [0.25, 0.3) is 0 Å². The first-order valence-electron chi connectivity index (χ1n) is 7.57. The van der Waals surface area contributed by atoms with Gasteiger partial charge in [-0.1, -0.05) is 11.2 Å². The summed E-state index contributed by atoms with van der Waals surface area (Å²) in [6.07, 6.45) is 1.52. The van der Waals surface area contributed by atoms with E-state index in [0.29, 0.717) is 30.4 Å². The molecule has 7 heteroatoms. The number of aryl methyl sites for hydroxylation is 1. The largest absolute Gasteiger partial charge is 0.368 e. The minimum Gasteiger partial charge on any atom is -0.368 e. The molecule has 1 aromatic heterocycles. The third kappa shape index (κ3) is 3.92. The van der Waals surface area contributed by atoms with Crippen molar-refractivity contribution in [2.24, 2.45) is 0 Å². The standard InChI is InChI=1S/C16H18FN3O3/c1-11-18-15(23-19-11)10-22-14-5-7-20(8-6-14)16(21)12-3-2-4-13(17)9-12/h2-4,9,14H,5-8,10H2,1H3. The number of hydrogen-bond donors (Lipinski definition) is 0. The van der Waals surface area contributed by atoms with Gasteiger partial charge in [-0.05, 0) is 38.0 Å². The summed E-state index contributed by atoms with van der Waals surface area (Å²) in [6, 6.07) is 5.77. The SMILES string of the molecule is Cc1noc(COC2CCN(C(=O)c3cccc(F)c3)CC2)n1. The van der Waals surface area contributed by atoms with E-state index in [1.54, 1.807) is 24.0 Å². The van der Waals surface area contributed by atoms with Crippen LogP contribution in [-0.4, -0.2) is 40.1 Å². The summed E-state index contributed by atoms with van der Waals surface area (Å²) in [7, 11) is 0. The Morgan fingerprint density at radius 2 is 2.22 bits per heavy atom. The molecule has 0 N–H and O–H groups in total. The highest BCUT2D eigenvalue weighted by atomic mass is 19.1. The molecule has 0 aliphatic carbocycles. The number of rotatable bonds is 4. The van der Waals surface area contributed by atoms with E-state index in [2.05, 4.69) is 10.1 Å². The van der Waals surface area contributed by atoms with Crippen molar-refractivity contribution in [3.63, 3.8) is 0 Å². The maximum atomic E-state index is 13.2. The Kier molecular flexibility index (Phi) is 4.66. The van der Waals surface area contributed by atoms with Crippen LogP contribution in [0.2, 0.25) is 0 Å². The number of hydrogen-bond acceptors (Lipinski definition) is 5. The second kappa shape index (κ2) is 6.87.